The molecular weight excluding hydrogens is 350 g/mol. The topological polar surface area (TPSA) is 29.1 Å². The van der Waals surface area contributed by atoms with Gasteiger partial charge in [0, 0.05) is 12.1 Å². The molecule has 0 bridgehead atoms. The van der Waals surface area contributed by atoms with Crippen molar-refractivity contribution in [3.8, 4) is 0 Å². The van der Waals surface area contributed by atoms with Crippen LogP contribution < -0.4 is 5.32 Å². The van der Waals surface area contributed by atoms with Gasteiger partial charge in [-0.2, -0.15) is 13.2 Å². The van der Waals surface area contributed by atoms with Crippen LogP contribution in [0.1, 0.15) is 17.5 Å². The monoisotopic (exact) mass is 361 g/mol. The largest absolute Gasteiger partial charge is 0.416 e. The maximum atomic E-state index is 12.4. The Morgan fingerprint density at radius 3 is 2.22 bits per heavy atom. The van der Waals surface area contributed by atoms with Gasteiger partial charge in [0.1, 0.15) is 0 Å². The molecule has 0 radical (unpaired) electrons. The zero-order chi connectivity index (χ0) is 17.0. The van der Waals surface area contributed by atoms with E-state index in [0.29, 0.717) is 22.2 Å². The van der Waals surface area contributed by atoms with E-state index in [4.69, 9.17) is 23.2 Å². The molecule has 0 aliphatic carbocycles. The molecule has 7 heteroatoms. The standard InChI is InChI=1S/C16H12Cl2F3NO/c17-13-7-1-10(9-14(13)18)2-8-15(23)22-12-5-3-11(4-6-12)16(19,20)21/h1,3-7,9H,2,8H2,(H,22,23). The Hall–Kier alpha value is -1.72. The third-order valence-corrected chi connectivity index (χ3v) is 3.86. The molecule has 0 saturated heterocycles. The van der Waals surface area contributed by atoms with E-state index in [2.05, 4.69) is 5.32 Å². The molecule has 2 rings (SSSR count). The van der Waals surface area contributed by atoms with Crippen LogP contribution in [0, 0.1) is 0 Å². The molecule has 1 amide bonds. The summed E-state index contributed by atoms with van der Waals surface area (Å²) in [5.74, 6) is -0.296. The van der Waals surface area contributed by atoms with Gasteiger partial charge in [0.05, 0.1) is 15.6 Å². The average molecular weight is 362 g/mol. The van der Waals surface area contributed by atoms with E-state index >= 15 is 0 Å². The van der Waals surface area contributed by atoms with Gasteiger partial charge in [-0.05, 0) is 48.4 Å². The zero-order valence-electron chi connectivity index (χ0n) is 11.8. The number of nitrogens with one attached hydrogen (secondary N) is 1. The number of rotatable bonds is 4. The van der Waals surface area contributed by atoms with Crippen LogP contribution in [0.5, 0.6) is 0 Å². The van der Waals surface area contributed by atoms with Crippen LogP contribution in [0.25, 0.3) is 0 Å². The summed E-state index contributed by atoms with van der Waals surface area (Å²) in [6, 6.07) is 9.38. The Bertz CT molecular complexity index is 699. The molecule has 0 aliphatic heterocycles. The van der Waals surface area contributed by atoms with Gasteiger partial charge in [-0.3, -0.25) is 4.79 Å². The summed E-state index contributed by atoms with van der Waals surface area (Å²) in [7, 11) is 0. The molecule has 0 spiro atoms. The van der Waals surface area contributed by atoms with Gasteiger partial charge >= 0.3 is 6.18 Å². The van der Waals surface area contributed by atoms with E-state index in [1.54, 1.807) is 18.2 Å². The van der Waals surface area contributed by atoms with Crippen molar-refractivity contribution in [2.24, 2.45) is 0 Å². The molecule has 23 heavy (non-hydrogen) atoms. The maximum absolute atomic E-state index is 12.4. The molecule has 0 aliphatic rings. The highest BCUT2D eigenvalue weighted by Crippen LogP contribution is 2.29. The highest BCUT2D eigenvalue weighted by molar-refractivity contribution is 6.42. The number of amides is 1. The Morgan fingerprint density at radius 2 is 1.65 bits per heavy atom. The minimum absolute atomic E-state index is 0.180. The molecule has 0 saturated carbocycles. The van der Waals surface area contributed by atoms with Crippen LogP contribution in [-0.2, 0) is 17.4 Å². The summed E-state index contributed by atoms with van der Waals surface area (Å²) in [5.41, 5.74) is 0.408. The van der Waals surface area contributed by atoms with Gasteiger partial charge in [-0.15, -0.1) is 0 Å². The van der Waals surface area contributed by atoms with E-state index in [-0.39, 0.29) is 12.3 Å². The first-order valence-electron chi connectivity index (χ1n) is 6.67. The maximum Gasteiger partial charge on any atom is 0.416 e. The molecule has 1 N–H and O–H groups in total. The molecule has 0 aromatic heterocycles. The fourth-order valence-electron chi connectivity index (χ4n) is 1.92. The number of hydrogen-bond donors (Lipinski definition) is 1. The van der Waals surface area contributed by atoms with E-state index in [0.717, 1.165) is 17.7 Å². The number of hydrogen-bond acceptors (Lipinski definition) is 1. The quantitative estimate of drug-likeness (QED) is 0.756. The Kier molecular flexibility index (Phi) is 5.55. The van der Waals surface area contributed by atoms with Gasteiger partial charge in [-0.25, -0.2) is 0 Å². The van der Waals surface area contributed by atoms with E-state index < -0.39 is 11.7 Å². The van der Waals surface area contributed by atoms with Crippen molar-refractivity contribution in [3.63, 3.8) is 0 Å². The van der Waals surface area contributed by atoms with Crippen LogP contribution >= 0.6 is 23.2 Å². The van der Waals surface area contributed by atoms with Crippen molar-refractivity contribution >= 4 is 34.8 Å². The molecule has 0 fully saturated rings. The van der Waals surface area contributed by atoms with Gasteiger partial charge in [-0.1, -0.05) is 29.3 Å². The van der Waals surface area contributed by atoms with Gasteiger partial charge in [0.2, 0.25) is 5.91 Å². The number of alkyl halides is 3. The number of benzene rings is 2. The summed E-state index contributed by atoms with van der Waals surface area (Å²) in [4.78, 5) is 11.8. The summed E-state index contributed by atoms with van der Waals surface area (Å²) in [6.07, 6.45) is -3.77. The summed E-state index contributed by atoms with van der Waals surface area (Å²) in [6.45, 7) is 0. The molecule has 0 atom stereocenters. The van der Waals surface area contributed by atoms with Crippen molar-refractivity contribution < 1.29 is 18.0 Å². The summed E-state index contributed by atoms with van der Waals surface area (Å²) in [5, 5.41) is 3.40. The SMILES string of the molecule is O=C(CCc1ccc(Cl)c(Cl)c1)Nc1ccc(C(F)(F)F)cc1. The normalized spacial score (nSPS) is 11.3. The lowest BCUT2D eigenvalue weighted by Crippen LogP contribution is -2.12. The van der Waals surface area contributed by atoms with Gasteiger partial charge in [0.25, 0.3) is 0 Å². The summed E-state index contributed by atoms with van der Waals surface area (Å²) < 4.78 is 37.3. The predicted octanol–water partition coefficient (Wildman–Crippen LogP) is 5.58. The zero-order valence-corrected chi connectivity index (χ0v) is 13.3. The van der Waals surface area contributed by atoms with Crippen molar-refractivity contribution in [1.82, 2.24) is 0 Å². The molecule has 0 heterocycles. The number of carbonyl (C=O) groups excluding carboxylic acids is 1. The molecule has 122 valence electrons. The van der Waals surface area contributed by atoms with Crippen LogP contribution in [0.2, 0.25) is 10.0 Å². The van der Waals surface area contributed by atoms with Crippen LogP contribution in [0.3, 0.4) is 0 Å². The second-order valence-corrected chi connectivity index (χ2v) is 5.69. The smallest absolute Gasteiger partial charge is 0.326 e. The highest BCUT2D eigenvalue weighted by atomic mass is 35.5. The summed E-state index contributed by atoms with van der Waals surface area (Å²) >= 11 is 11.7. The second kappa shape index (κ2) is 7.23. The Morgan fingerprint density at radius 1 is 1.00 bits per heavy atom. The molecular formula is C16H12Cl2F3NO. The second-order valence-electron chi connectivity index (χ2n) is 4.87. The molecule has 0 unspecified atom stereocenters. The highest BCUT2D eigenvalue weighted by Gasteiger charge is 2.29. The lowest BCUT2D eigenvalue weighted by atomic mass is 10.1. The number of carbonyl (C=O) groups is 1. The van der Waals surface area contributed by atoms with Crippen molar-refractivity contribution in [1.29, 1.82) is 0 Å². The van der Waals surface area contributed by atoms with E-state index in [1.165, 1.54) is 12.1 Å². The van der Waals surface area contributed by atoms with E-state index in [9.17, 15) is 18.0 Å². The minimum Gasteiger partial charge on any atom is -0.326 e. The van der Waals surface area contributed by atoms with Crippen LogP contribution in [0.15, 0.2) is 42.5 Å². The lowest BCUT2D eigenvalue weighted by Gasteiger charge is -2.09. The fraction of sp³-hybridized carbons (Fsp3) is 0.188. The third-order valence-electron chi connectivity index (χ3n) is 3.12. The van der Waals surface area contributed by atoms with Crippen molar-refractivity contribution in [2.75, 3.05) is 5.32 Å². The minimum atomic E-state index is -4.39. The lowest BCUT2D eigenvalue weighted by molar-refractivity contribution is -0.137. The van der Waals surface area contributed by atoms with Gasteiger partial charge in [0.15, 0.2) is 0 Å². The first-order chi connectivity index (χ1) is 10.8. The Labute approximate surface area is 141 Å². The molecule has 2 aromatic rings. The van der Waals surface area contributed by atoms with Crippen LogP contribution in [-0.4, -0.2) is 5.91 Å². The number of halogens is 5. The Balaban J connectivity index is 1.90. The van der Waals surface area contributed by atoms with Crippen LogP contribution in [0.4, 0.5) is 18.9 Å². The number of anilines is 1. The van der Waals surface area contributed by atoms with Crippen molar-refractivity contribution in [2.45, 2.75) is 19.0 Å². The fourth-order valence-corrected chi connectivity index (χ4v) is 2.24. The molecule has 2 nitrogen and oxygen atoms in total. The van der Waals surface area contributed by atoms with Crippen molar-refractivity contribution in [3.05, 3.63) is 63.6 Å². The molecule has 2 aromatic carbocycles. The third kappa shape index (κ3) is 5.15. The average Bonchev–Trinajstić information content (AvgIpc) is 2.48. The predicted molar refractivity (Wildman–Crippen MR) is 84.9 cm³/mol. The van der Waals surface area contributed by atoms with Gasteiger partial charge < -0.3 is 5.32 Å². The van der Waals surface area contributed by atoms with E-state index in [1.807, 2.05) is 0 Å². The number of aryl methyl sites for hydroxylation is 1. The first-order valence-corrected chi connectivity index (χ1v) is 7.42. The first kappa shape index (κ1) is 17.6.